The summed E-state index contributed by atoms with van der Waals surface area (Å²) in [4.78, 5) is 57.0. The molecular formula is C33H42F2N4O5. The number of nitrogens with zero attached hydrogens (tertiary/aromatic N) is 2. The number of hydrogen-bond donors (Lipinski definition) is 2. The first-order valence-electron chi connectivity index (χ1n) is 15.2. The number of likely N-dealkylation sites (N-methyl/N-ethyl adjacent to an activating group) is 1. The highest BCUT2D eigenvalue weighted by molar-refractivity contribution is 6.00. The Bertz CT molecular complexity index is 1370. The number of benzene rings is 2. The summed E-state index contributed by atoms with van der Waals surface area (Å²) in [5.41, 5.74) is 0.0437. The quantitative estimate of drug-likeness (QED) is 0.439. The molecule has 2 aliphatic rings. The van der Waals surface area contributed by atoms with Crippen LogP contribution in [0.1, 0.15) is 77.0 Å². The maximum Gasteiger partial charge on any atom is 0.410 e. The average molecular weight is 613 g/mol. The van der Waals surface area contributed by atoms with E-state index >= 15 is 0 Å². The Labute approximate surface area is 257 Å². The molecule has 1 aliphatic carbocycles. The van der Waals surface area contributed by atoms with Gasteiger partial charge in [-0.3, -0.25) is 19.3 Å². The normalized spacial score (nSPS) is 18.4. The maximum atomic E-state index is 14.5. The average Bonchev–Trinajstić information content (AvgIpc) is 2.99. The summed E-state index contributed by atoms with van der Waals surface area (Å²) in [6.45, 7) is 6.90. The van der Waals surface area contributed by atoms with Crippen molar-refractivity contribution in [2.24, 2.45) is 5.92 Å². The Kier molecular flexibility index (Phi) is 10.3. The Morgan fingerprint density at radius 1 is 0.977 bits per heavy atom. The molecule has 4 amide bonds. The van der Waals surface area contributed by atoms with E-state index in [4.69, 9.17) is 4.74 Å². The number of fused-ring (bicyclic) bond motifs is 1. The number of rotatable bonds is 7. The van der Waals surface area contributed by atoms with Crippen LogP contribution in [0.2, 0.25) is 0 Å². The minimum atomic E-state index is -1.18. The topological polar surface area (TPSA) is 108 Å². The van der Waals surface area contributed by atoms with Crippen LogP contribution in [0.25, 0.3) is 0 Å². The van der Waals surface area contributed by atoms with Gasteiger partial charge in [-0.25, -0.2) is 13.6 Å². The second kappa shape index (κ2) is 13.7. The summed E-state index contributed by atoms with van der Waals surface area (Å²) in [7, 11) is 1.46. The third kappa shape index (κ3) is 7.54. The standard InChI is InChI=1S/C33H42F2N4O5/c1-20(38(5)32(43)44-33(2,3)4)29(40)36-26(22-13-7-6-8-14-22)31(42)39-19-18-21-12-9-10-15-23(21)28(39)30(41)37-27-24(34)16-11-17-25(27)35/h9-12,15-17,20,22,26,28H,6-8,13-14,18-19H2,1-5H3,(H,36,40)(H,37,41)/t20-,26-,28-/m0/s1. The van der Waals surface area contributed by atoms with E-state index in [1.165, 1.54) is 22.9 Å². The van der Waals surface area contributed by atoms with E-state index < -0.39 is 64.9 Å². The molecule has 1 heterocycles. The lowest BCUT2D eigenvalue weighted by atomic mass is 9.82. The molecule has 0 unspecified atom stereocenters. The minimum absolute atomic E-state index is 0.167. The van der Waals surface area contributed by atoms with Crippen molar-refractivity contribution in [1.82, 2.24) is 15.1 Å². The van der Waals surface area contributed by atoms with E-state index in [0.717, 1.165) is 37.0 Å². The van der Waals surface area contributed by atoms with Crippen molar-refractivity contribution < 1.29 is 32.7 Å². The predicted molar refractivity (Wildman–Crippen MR) is 162 cm³/mol. The van der Waals surface area contributed by atoms with Crippen LogP contribution in [-0.4, -0.2) is 64.9 Å². The molecule has 44 heavy (non-hydrogen) atoms. The largest absolute Gasteiger partial charge is 0.444 e. The molecule has 0 bridgehead atoms. The highest BCUT2D eigenvalue weighted by Crippen LogP contribution is 2.35. The van der Waals surface area contributed by atoms with Crippen LogP contribution in [0.5, 0.6) is 0 Å². The number of amides is 4. The predicted octanol–water partition coefficient (Wildman–Crippen LogP) is 5.35. The molecule has 2 N–H and O–H groups in total. The molecule has 1 fully saturated rings. The molecule has 3 atom stereocenters. The molecule has 11 heteroatoms. The van der Waals surface area contributed by atoms with Crippen molar-refractivity contribution in [3.05, 3.63) is 65.2 Å². The second-order valence-electron chi connectivity index (χ2n) is 12.6. The van der Waals surface area contributed by atoms with Gasteiger partial charge in [0, 0.05) is 13.6 Å². The van der Waals surface area contributed by atoms with Gasteiger partial charge in [-0.05, 0) is 76.1 Å². The lowest BCUT2D eigenvalue weighted by Crippen LogP contribution is -2.59. The number of halogens is 2. The van der Waals surface area contributed by atoms with Crippen LogP contribution in [-0.2, 0) is 25.5 Å². The van der Waals surface area contributed by atoms with Gasteiger partial charge in [0.25, 0.3) is 5.91 Å². The minimum Gasteiger partial charge on any atom is -0.444 e. The van der Waals surface area contributed by atoms with Gasteiger partial charge in [0.15, 0.2) is 0 Å². The molecular weight excluding hydrogens is 570 g/mol. The van der Waals surface area contributed by atoms with E-state index in [1.54, 1.807) is 39.8 Å². The molecule has 4 rings (SSSR count). The summed E-state index contributed by atoms with van der Waals surface area (Å²) >= 11 is 0. The fourth-order valence-electron chi connectivity index (χ4n) is 5.86. The molecule has 1 aliphatic heterocycles. The zero-order chi connectivity index (χ0) is 32.2. The van der Waals surface area contributed by atoms with Crippen molar-refractivity contribution in [1.29, 1.82) is 0 Å². The SMILES string of the molecule is C[C@@H](C(=O)N[C@H](C(=O)N1CCc2ccccc2[C@H]1C(=O)Nc1c(F)cccc1F)C1CCCCC1)N(C)C(=O)OC(C)(C)C. The van der Waals surface area contributed by atoms with E-state index in [0.29, 0.717) is 24.8 Å². The fourth-order valence-corrected chi connectivity index (χ4v) is 5.86. The summed E-state index contributed by atoms with van der Waals surface area (Å²) in [6, 6.07) is 7.33. The van der Waals surface area contributed by atoms with Gasteiger partial charge in [-0.2, -0.15) is 0 Å². The van der Waals surface area contributed by atoms with Crippen LogP contribution in [0.15, 0.2) is 42.5 Å². The van der Waals surface area contributed by atoms with E-state index in [-0.39, 0.29) is 12.5 Å². The molecule has 2 aromatic rings. The maximum absolute atomic E-state index is 14.5. The van der Waals surface area contributed by atoms with Gasteiger partial charge in [0.2, 0.25) is 11.8 Å². The Morgan fingerprint density at radius 2 is 1.61 bits per heavy atom. The van der Waals surface area contributed by atoms with E-state index in [1.807, 2.05) is 12.1 Å². The van der Waals surface area contributed by atoms with Crippen molar-refractivity contribution >= 4 is 29.5 Å². The lowest BCUT2D eigenvalue weighted by Gasteiger charge is -2.41. The first-order valence-corrected chi connectivity index (χ1v) is 15.2. The molecule has 9 nitrogen and oxygen atoms in total. The molecule has 0 spiro atoms. The highest BCUT2D eigenvalue weighted by atomic mass is 19.1. The van der Waals surface area contributed by atoms with E-state index in [9.17, 15) is 28.0 Å². The summed E-state index contributed by atoms with van der Waals surface area (Å²) in [6.07, 6.45) is 3.98. The molecule has 0 aromatic heterocycles. The molecule has 2 aromatic carbocycles. The van der Waals surface area contributed by atoms with Gasteiger partial charge >= 0.3 is 6.09 Å². The first-order chi connectivity index (χ1) is 20.8. The van der Waals surface area contributed by atoms with Crippen LogP contribution in [0, 0.1) is 17.6 Å². The summed E-state index contributed by atoms with van der Waals surface area (Å²) in [5, 5.41) is 5.27. The zero-order valence-electron chi connectivity index (χ0n) is 26.0. The fraction of sp³-hybridized carbons (Fsp3) is 0.515. The zero-order valence-corrected chi connectivity index (χ0v) is 26.0. The smallest absolute Gasteiger partial charge is 0.410 e. The van der Waals surface area contributed by atoms with Gasteiger partial charge in [0.05, 0.1) is 0 Å². The monoisotopic (exact) mass is 612 g/mol. The third-order valence-corrected chi connectivity index (χ3v) is 8.35. The number of para-hydroxylation sites is 1. The number of hydrogen-bond acceptors (Lipinski definition) is 5. The van der Waals surface area contributed by atoms with Crippen LogP contribution in [0.3, 0.4) is 0 Å². The third-order valence-electron chi connectivity index (χ3n) is 8.35. The van der Waals surface area contributed by atoms with Crippen LogP contribution < -0.4 is 10.6 Å². The summed E-state index contributed by atoms with van der Waals surface area (Å²) in [5.74, 6) is -3.81. The molecule has 1 saturated carbocycles. The molecule has 0 radical (unpaired) electrons. The van der Waals surface area contributed by atoms with Gasteiger partial charge in [0.1, 0.15) is 41.0 Å². The van der Waals surface area contributed by atoms with Gasteiger partial charge in [-0.1, -0.05) is 49.6 Å². The van der Waals surface area contributed by atoms with Gasteiger partial charge in [-0.15, -0.1) is 0 Å². The number of ether oxygens (including phenoxy) is 1. The Balaban J connectivity index is 1.64. The van der Waals surface area contributed by atoms with Crippen LogP contribution >= 0.6 is 0 Å². The molecule has 0 saturated heterocycles. The van der Waals surface area contributed by atoms with Crippen molar-refractivity contribution in [3.8, 4) is 0 Å². The summed E-state index contributed by atoms with van der Waals surface area (Å²) < 4.78 is 34.4. The number of carbonyl (C=O) groups excluding carboxylic acids is 4. The van der Waals surface area contributed by atoms with Crippen LogP contribution in [0.4, 0.5) is 19.3 Å². The highest BCUT2D eigenvalue weighted by Gasteiger charge is 2.42. The van der Waals surface area contributed by atoms with Crippen molar-refractivity contribution in [3.63, 3.8) is 0 Å². The van der Waals surface area contributed by atoms with Crippen molar-refractivity contribution in [2.75, 3.05) is 18.9 Å². The van der Waals surface area contributed by atoms with Crippen molar-refractivity contribution in [2.45, 2.75) is 89.9 Å². The number of carbonyl (C=O) groups is 4. The number of nitrogens with one attached hydrogen (secondary N) is 2. The first kappa shape index (κ1) is 32.9. The van der Waals surface area contributed by atoms with Gasteiger partial charge < -0.3 is 20.3 Å². The van der Waals surface area contributed by atoms with E-state index in [2.05, 4.69) is 10.6 Å². The Hall–Kier alpha value is -4.02. The lowest BCUT2D eigenvalue weighted by molar-refractivity contribution is -0.145. The Morgan fingerprint density at radius 3 is 2.25 bits per heavy atom. The second-order valence-corrected chi connectivity index (χ2v) is 12.6. The molecule has 238 valence electrons. The number of anilines is 1.